The zero-order valence-corrected chi connectivity index (χ0v) is 13.0. The van der Waals surface area contributed by atoms with Gasteiger partial charge in [0, 0.05) is 0 Å². The predicted octanol–water partition coefficient (Wildman–Crippen LogP) is 2.59. The van der Waals surface area contributed by atoms with Crippen LogP contribution in [0.4, 0.5) is 5.69 Å². The highest BCUT2D eigenvalue weighted by molar-refractivity contribution is 7.89. The van der Waals surface area contributed by atoms with Crippen LogP contribution in [0.3, 0.4) is 0 Å². The van der Waals surface area contributed by atoms with E-state index < -0.39 is 10.0 Å². The second-order valence-electron chi connectivity index (χ2n) is 4.71. The van der Waals surface area contributed by atoms with E-state index in [4.69, 9.17) is 10.5 Å². The number of sulfonamides is 1. The molecule has 0 aliphatic carbocycles. The summed E-state index contributed by atoms with van der Waals surface area (Å²) in [4.78, 5) is 0.107. The fourth-order valence-corrected chi connectivity index (χ4v) is 2.62. The number of hydrogen-bond acceptors (Lipinski definition) is 4. The van der Waals surface area contributed by atoms with Crippen LogP contribution in [0.1, 0.15) is 11.1 Å². The van der Waals surface area contributed by atoms with Crippen molar-refractivity contribution in [3.05, 3.63) is 47.5 Å². The third-order valence-electron chi connectivity index (χ3n) is 3.34. The molecule has 0 amide bonds. The molecule has 2 rings (SSSR count). The molecule has 0 aliphatic rings. The molecule has 21 heavy (non-hydrogen) atoms. The van der Waals surface area contributed by atoms with E-state index in [0.29, 0.717) is 11.5 Å². The second-order valence-corrected chi connectivity index (χ2v) is 6.59. The van der Waals surface area contributed by atoms with Gasteiger partial charge >= 0.3 is 0 Å². The smallest absolute Gasteiger partial charge is 0.240 e. The van der Waals surface area contributed by atoms with Crippen LogP contribution >= 0.6 is 0 Å². The predicted molar refractivity (Wildman–Crippen MR) is 83.1 cm³/mol. The molecule has 0 aliphatic heterocycles. The van der Waals surface area contributed by atoms with Gasteiger partial charge in [0.05, 0.1) is 10.6 Å². The molecule has 0 aromatic heterocycles. The van der Waals surface area contributed by atoms with Gasteiger partial charge in [-0.05, 0) is 56.3 Å². The highest BCUT2D eigenvalue weighted by Gasteiger charge is 2.14. The number of nitrogens with two attached hydrogens (primary N) is 1. The average Bonchev–Trinajstić information content (AvgIpc) is 2.45. The summed E-state index contributed by atoms with van der Waals surface area (Å²) in [5, 5.41) is 0. The fourth-order valence-electron chi connectivity index (χ4n) is 1.86. The summed E-state index contributed by atoms with van der Waals surface area (Å²) in [7, 11) is -2.16. The van der Waals surface area contributed by atoms with Crippen molar-refractivity contribution in [3.63, 3.8) is 0 Å². The maximum atomic E-state index is 11.7. The quantitative estimate of drug-likeness (QED) is 0.851. The Labute approximate surface area is 124 Å². The molecular weight excluding hydrogens is 288 g/mol. The molecule has 112 valence electrons. The maximum absolute atomic E-state index is 11.7. The molecule has 2 aromatic rings. The molecule has 0 spiro atoms. The van der Waals surface area contributed by atoms with E-state index in [9.17, 15) is 8.42 Å². The van der Waals surface area contributed by atoms with Crippen molar-refractivity contribution in [1.29, 1.82) is 0 Å². The highest BCUT2D eigenvalue weighted by Crippen LogP contribution is 2.32. The van der Waals surface area contributed by atoms with E-state index in [1.807, 2.05) is 32.0 Å². The molecule has 0 saturated carbocycles. The Bertz CT molecular complexity index is 770. The van der Waals surface area contributed by atoms with Crippen molar-refractivity contribution in [3.8, 4) is 11.5 Å². The van der Waals surface area contributed by atoms with Gasteiger partial charge in [0.2, 0.25) is 10.0 Å². The van der Waals surface area contributed by atoms with Crippen LogP contribution in [0.15, 0.2) is 41.3 Å². The third-order valence-corrected chi connectivity index (χ3v) is 4.75. The zero-order chi connectivity index (χ0) is 15.6. The van der Waals surface area contributed by atoms with E-state index in [2.05, 4.69) is 4.72 Å². The summed E-state index contributed by atoms with van der Waals surface area (Å²) in [6.45, 7) is 3.95. The molecule has 5 nitrogen and oxygen atoms in total. The number of aryl methyl sites for hydroxylation is 1. The Balaban J connectivity index is 2.37. The minimum atomic E-state index is -3.51. The fraction of sp³-hybridized carbons (Fsp3) is 0.200. The number of nitrogen functional groups attached to an aromatic ring is 1. The summed E-state index contributed by atoms with van der Waals surface area (Å²) >= 11 is 0. The van der Waals surface area contributed by atoms with Gasteiger partial charge in [-0.3, -0.25) is 0 Å². The first-order valence-electron chi connectivity index (χ1n) is 6.42. The lowest BCUT2D eigenvalue weighted by Crippen LogP contribution is -2.18. The van der Waals surface area contributed by atoms with Crippen molar-refractivity contribution >= 4 is 15.7 Å². The molecule has 3 N–H and O–H groups in total. The highest BCUT2D eigenvalue weighted by atomic mass is 32.2. The normalized spacial score (nSPS) is 11.4. The molecule has 0 atom stereocenters. The third kappa shape index (κ3) is 3.17. The Kier molecular flexibility index (Phi) is 4.20. The van der Waals surface area contributed by atoms with Crippen LogP contribution in [-0.4, -0.2) is 15.5 Å². The maximum Gasteiger partial charge on any atom is 0.240 e. The molecule has 0 fully saturated rings. The SMILES string of the molecule is CNS(=O)(=O)c1ccc(Oc2cccc(C)c2C)c(N)c1. The number of anilines is 1. The molecule has 2 aromatic carbocycles. The van der Waals surface area contributed by atoms with Gasteiger partial charge in [-0.2, -0.15) is 0 Å². The molecule has 0 radical (unpaired) electrons. The first-order valence-corrected chi connectivity index (χ1v) is 7.90. The number of hydrogen-bond donors (Lipinski definition) is 2. The van der Waals surface area contributed by atoms with Gasteiger partial charge in [0.1, 0.15) is 11.5 Å². The number of benzene rings is 2. The molecule has 6 heteroatoms. The van der Waals surface area contributed by atoms with Gasteiger partial charge in [0.25, 0.3) is 0 Å². The van der Waals surface area contributed by atoms with Crippen LogP contribution in [-0.2, 0) is 10.0 Å². The number of ether oxygens (including phenoxy) is 1. The van der Waals surface area contributed by atoms with Crippen LogP contribution in [0, 0.1) is 13.8 Å². The Morgan fingerprint density at radius 1 is 1.10 bits per heavy atom. The summed E-state index contributed by atoms with van der Waals surface area (Å²) in [6, 6.07) is 10.1. The van der Waals surface area contributed by atoms with Crippen molar-refractivity contribution in [2.75, 3.05) is 12.8 Å². The first kappa shape index (κ1) is 15.3. The van der Waals surface area contributed by atoms with Crippen LogP contribution in [0.5, 0.6) is 11.5 Å². The summed E-state index contributed by atoms with van der Waals surface area (Å²) < 4.78 is 31.5. The van der Waals surface area contributed by atoms with Crippen molar-refractivity contribution < 1.29 is 13.2 Å². The molecule has 0 unspecified atom stereocenters. The summed E-state index contributed by atoms with van der Waals surface area (Å²) in [5.41, 5.74) is 8.29. The number of nitrogens with one attached hydrogen (secondary N) is 1. The standard InChI is InChI=1S/C15H18N2O3S/c1-10-5-4-6-14(11(10)2)20-15-8-7-12(9-13(15)16)21(18,19)17-3/h4-9,17H,16H2,1-3H3. The van der Waals surface area contributed by atoms with Gasteiger partial charge in [0.15, 0.2) is 0 Å². The molecule has 0 heterocycles. The van der Waals surface area contributed by atoms with E-state index in [1.165, 1.54) is 19.2 Å². The largest absolute Gasteiger partial charge is 0.455 e. The van der Waals surface area contributed by atoms with Gasteiger partial charge in [-0.15, -0.1) is 0 Å². The van der Waals surface area contributed by atoms with Crippen molar-refractivity contribution in [2.45, 2.75) is 18.7 Å². The lowest BCUT2D eigenvalue weighted by atomic mass is 10.1. The monoisotopic (exact) mass is 306 g/mol. The molecular formula is C15H18N2O3S. The van der Waals surface area contributed by atoms with Gasteiger partial charge in [-0.25, -0.2) is 13.1 Å². The van der Waals surface area contributed by atoms with Crippen LogP contribution in [0.2, 0.25) is 0 Å². The van der Waals surface area contributed by atoms with E-state index in [0.717, 1.165) is 11.1 Å². The van der Waals surface area contributed by atoms with Crippen molar-refractivity contribution in [1.82, 2.24) is 4.72 Å². The minimum Gasteiger partial charge on any atom is -0.455 e. The minimum absolute atomic E-state index is 0.107. The lowest BCUT2D eigenvalue weighted by Gasteiger charge is -2.13. The van der Waals surface area contributed by atoms with Crippen molar-refractivity contribution in [2.24, 2.45) is 0 Å². The first-order chi connectivity index (χ1) is 9.85. The van der Waals surface area contributed by atoms with Gasteiger partial charge < -0.3 is 10.5 Å². The average molecular weight is 306 g/mol. The number of rotatable bonds is 4. The van der Waals surface area contributed by atoms with E-state index in [-0.39, 0.29) is 10.6 Å². The topological polar surface area (TPSA) is 81.4 Å². The Morgan fingerprint density at radius 2 is 1.81 bits per heavy atom. The summed E-state index contributed by atoms with van der Waals surface area (Å²) in [6.07, 6.45) is 0. The van der Waals surface area contributed by atoms with E-state index >= 15 is 0 Å². The van der Waals surface area contributed by atoms with Crippen LogP contribution in [0.25, 0.3) is 0 Å². The Morgan fingerprint density at radius 3 is 2.43 bits per heavy atom. The lowest BCUT2D eigenvalue weighted by molar-refractivity contribution is 0.480. The zero-order valence-electron chi connectivity index (χ0n) is 12.2. The van der Waals surface area contributed by atoms with Crippen LogP contribution < -0.4 is 15.2 Å². The summed E-state index contributed by atoms with van der Waals surface area (Å²) in [5.74, 6) is 1.13. The second kappa shape index (κ2) is 5.75. The Hall–Kier alpha value is -2.05. The van der Waals surface area contributed by atoms with Gasteiger partial charge in [-0.1, -0.05) is 12.1 Å². The van der Waals surface area contributed by atoms with E-state index in [1.54, 1.807) is 6.07 Å². The molecule has 0 saturated heterocycles. The molecule has 0 bridgehead atoms.